The third-order valence-electron chi connectivity index (χ3n) is 7.22. The molecule has 0 saturated carbocycles. The predicted octanol–water partition coefficient (Wildman–Crippen LogP) is 1.72. The quantitative estimate of drug-likeness (QED) is 0.560. The van der Waals surface area contributed by atoms with Gasteiger partial charge in [0.05, 0.1) is 29.8 Å². The highest BCUT2D eigenvalue weighted by Gasteiger charge is 2.49. The third kappa shape index (κ3) is 5.66. The van der Waals surface area contributed by atoms with Gasteiger partial charge in [0.1, 0.15) is 17.5 Å². The van der Waals surface area contributed by atoms with Crippen molar-refractivity contribution in [2.75, 3.05) is 14.2 Å². The first-order valence-electron chi connectivity index (χ1n) is 11.1. The molecular weight excluding hydrogens is 404 g/mol. The van der Waals surface area contributed by atoms with E-state index in [0.717, 1.165) is 0 Å². The number of carbonyl (C=O) groups excluding carboxylic acids is 2. The van der Waals surface area contributed by atoms with Crippen LogP contribution in [0, 0.1) is 23.7 Å². The number of aliphatic hydroxyl groups excluding tert-OH is 2. The second kappa shape index (κ2) is 10.7. The van der Waals surface area contributed by atoms with Crippen molar-refractivity contribution in [3.63, 3.8) is 0 Å². The molecule has 1 saturated heterocycles. The lowest BCUT2D eigenvalue weighted by Crippen LogP contribution is -2.57. The SMILES string of the molecule is CCC1OC(=O)[C@H](C)[C@H](O)[C@H](C)[C@@H](OC)[C@@](C)(OC)C[C@@H](C)C(=O)[C@H](C)[C@@H](O)[C@]1(C)O. The first-order valence-corrected chi connectivity index (χ1v) is 11.1. The Bertz CT molecular complexity index is 621. The number of carbonyl (C=O) groups is 2. The van der Waals surface area contributed by atoms with E-state index in [2.05, 4.69) is 0 Å². The molecule has 31 heavy (non-hydrogen) atoms. The van der Waals surface area contributed by atoms with Crippen LogP contribution in [0.2, 0.25) is 0 Å². The summed E-state index contributed by atoms with van der Waals surface area (Å²) in [4.78, 5) is 26.0. The fourth-order valence-corrected chi connectivity index (χ4v) is 4.98. The number of esters is 1. The number of Topliss-reactive ketones (excluding diaryl/α,β-unsaturated/α-hetero) is 1. The predicted molar refractivity (Wildman–Crippen MR) is 115 cm³/mol. The summed E-state index contributed by atoms with van der Waals surface area (Å²) in [5, 5.41) is 32.9. The van der Waals surface area contributed by atoms with E-state index in [4.69, 9.17) is 14.2 Å². The number of hydrogen-bond acceptors (Lipinski definition) is 8. The van der Waals surface area contributed by atoms with E-state index in [1.807, 2.05) is 0 Å². The number of ether oxygens (including phenoxy) is 3. The molecule has 0 aromatic heterocycles. The van der Waals surface area contributed by atoms with Crippen LogP contribution < -0.4 is 0 Å². The number of ketones is 1. The highest BCUT2D eigenvalue weighted by atomic mass is 16.6. The summed E-state index contributed by atoms with van der Waals surface area (Å²) in [6, 6.07) is 0. The summed E-state index contributed by atoms with van der Waals surface area (Å²) in [5.74, 6) is -3.79. The minimum Gasteiger partial charge on any atom is -0.459 e. The Morgan fingerprint density at radius 2 is 1.61 bits per heavy atom. The molecule has 0 amide bonds. The molecule has 0 bridgehead atoms. The van der Waals surface area contributed by atoms with Gasteiger partial charge in [-0.15, -0.1) is 0 Å². The highest BCUT2D eigenvalue weighted by Crippen LogP contribution is 2.36. The van der Waals surface area contributed by atoms with E-state index in [-0.39, 0.29) is 18.6 Å². The van der Waals surface area contributed by atoms with Crippen LogP contribution in [-0.4, -0.2) is 76.9 Å². The molecule has 8 heteroatoms. The molecule has 0 radical (unpaired) electrons. The van der Waals surface area contributed by atoms with Crippen LogP contribution in [0.1, 0.15) is 61.3 Å². The van der Waals surface area contributed by atoms with Crippen molar-refractivity contribution >= 4 is 11.8 Å². The molecule has 0 aliphatic carbocycles. The summed E-state index contributed by atoms with van der Waals surface area (Å²) in [6.07, 6.45) is -3.73. The largest absolute Gasteiger partial charge is 0.459 e. The Hall–Kier alpha value is -1.06. The van der Waals surface area contributed by atoms with Crippen molar-refractivity contribution < 1.29 is 39.1 Å². The standard InChI is InChI=1S/C23H42O8/c1-10-16-23(7,28)19(26)13(3)17(24)12(2)11-22(6,30-9)20(29-8)14(4)18(25)15(5)21(27)31-16/h12-16,18-20,25-26,28H,10-11H2,1-9H3/t12-,13+,14+,15-,16?,18-,19-,20-,22+,23-/m1/s1. The summed E-state index contributed by atoms with van der Waals surface area (Å²) in [5.41, 5.74) is -2.80. The van der Waals surface area contributed by atoms with Gasteiger partial charge in [0, 0.05) is 32.0 Å². The second-order valence-electron chi connectivity index (χ2n) is 9.61. The number of cyclic esters (lactones) is 1. The number of rotatable bonds is 3. The highest BCUT2D eigenvalue weighted by molar-refractivity contribution is 5.83. The van der Waals surface area contributed by atoms with Crippen LogP contribution in [0.3, 0.4) is 0 Å². The van der Waals surface area contributed by atoms with Crippen LogP contribution in [0.5, 0.6) is 0 Å². The van der Waals surface area contributed by atoms with Gasteiger partial charge in [0.15, 0.2) is 0 Å². The topological polar surface area (TPSA) is 123 Å². The van der Waals surface area contributed by atoms with Gasteiger partial charge in [-0.05, 0) is 33.6 Å². The minimum atomic E-state index is -1.85. The maximum absolute atomic E-state index is 13.1. The number of aliphatic hydroxyl groups is 3. The second-order valence-corrected chi connectivity index (χ2v) is 9.61. The summed E-state index contributed by atoms with van der Waals surface area (Å²) >= 11 is 0. The zero-order chi connectivity index (χ0) is 24.3. The molecule has 1 aliphatic rings. The maximum atomic E-state index is 13.1. The Morgan fingerprint density at radius 1 is 1.06 bits per heavy atom. The van der Waals surface area contributed by atoms with Crippen LogP contribution in [0.15, 0.2) is 0 Å². The minimum absolute atomic E-state index is 0.229. The molecule has 3 N–H and O–H groups in total. The van der Waals surface area contributed by atoms with Gasteiger partial charge in [-0.1, -0.05) is 27.7 Å². The Balaban J connectivity index is 3.53. The molecule has 0 aromatic rings. The van der Waals surface area contributed by atoms with Crippen molar-refractivity contribution in [3.8, 4) is 0 Å². The normalized spacial score (nSPS) is 46.3. The van der Waals surface area contributed by atoms with E-state index in [9.17, 15) is 24.9 Å². The Kier molecular flexibility index (Phi) is 9.66. The Morgan fingerprint density at radius 3 is 2.06 bits per heavy atom. The van der Waals surface area contributed by atoms with E-state index >= 15 is 0 Å². The summed E-state index contributed by atoms with van der Waals surface area (Å²) in [6.45, 7) is 11.5. The molecule has 0 aromatic carbocycles. The van der Waals surface area contributed by atoms with Crippen LogP contribution >= 0.6 is 0 Å². The van der Waals surface area contributed by atoms with Crippen LogP contribution in [0.4, 0.5) is 0 Å². The van der Waals surface area contributed by atoms with Gasteiger partial charge in [-0.3, -0.25) is 9.59 Å². The lowest BCUT2D eigenvalue weighted by atomic mass is 9.74. The summed E-state index contributed by atoms with van der Waals surface area (Å²) in [7, 11) is 3.01. The van der Waals surface area contributed by atoms with Crippen molar-refractivity contribution in [1.29, 1.82) is 0 Å². The molecule has 8 nitrogen and oxygen atoms in total. The fraction of sp³-hybridized carbons (Fsp3) is 0.913. The molecule has 182 valence electrons. The lowest BCUT2D eigenvalue weighted by Gasteiger charge is -2.44. The van der Waals surface area contributed by atoms with E-state index in [1.165, 1.54) is 21.1 Å². The first-order chi connectivity index (χ1) is 14.2. The summed E-state index contributed by atoms with van der Waals surface area (Å²) < 4.78 is 17.0. The van der Waals surface area contributed by atoms with Gasteiger partial charge in [-0.2, -0.15) is 0 Å². The molecule has 1 fully saturated rings. The zero-order valence-electron chi connectivity index (χ0n) is 20.4. The smallest absolute Gasteiger partial charge is 0.311 e. The fourth-order valence-electron chi connectivity index (χ4n) is 4.98. The average molecular weight is 447 g/mol. The van der Waals surface area contributed by atoms with Gasteiger partial charge in [-0.25, -0.2) is 0 Å². The Labute approximate surface area is 186 Å². The van der Waals surface area contributed by atoms with E-state index in [1.54, 1.807) is 41.5 Å². The molecule has 0 spiro atoms. The zero-order valence-corrected chi connectivity index (χ0v) is 20.4. The average Bonchev–Trinajstić information content (AvgIpc) is 2.73. The monoisotopic (exact) mass is 446 g/mol. The van der Waals surface area contributed by atoms with E-state index in [0.29, 0.717) is 0 Å². The molecule has 1 aliphatic heterocycles. The van der Waals surface area contributed by atoms with Crippen LogP contribution in [0.25, 0.3) is 0 Å². The molecular formula is C23H42O8. The van der Waals surface area contributed by atoms with Gasteiger partial charge >= 0.3 is 5.97 Å². The molecule has 1 heterocycles. The first kappa shape index (κ1) is 28.0. The number of methoxy groups -OCH3 is 2. The van der Waals surface area contributed by atoms with E-state index < -0.39 is 65.3 Å². The third-order valence-corrected chi connectivity index (χ3v) is 7.22. The molecule has 10 atom stereocenters. The molecule has 1 rings (SSSR count). The van der Waals surface area contributed by atoms with Crippen molar-refractivity contribution in [1.82, 2.24) is 0 Å². The molecule has 1 unspecified atom stereocenters. The van der Waals surface area contributed by atoms with Crippen molar-refractivity contribution in [2.45, 2.75) is 96.9 Å². The van der Waals surface area contributed by atoms with Gasteiger partial charge in [0.2, 0.25) is 0 Å². The van der Waals surface area contributed by atoms with Gasteiger partial charge < -0.3 is 29.5 Å². The van der Waals surface area contributed by atoms with Crippen molar-refractivity contribution in [3.05, 3.63) is 0 Å². The van der Waals surface area contributed by atoms with Crippen LogP contribution in [-0.2, 0) is 23.8 Å². The number of hydrogen-bond donors (Lipinski definition) is 3. The van der Waals surface area contributed by atoms with Gasteiger partial charge in [0.25, 0.3) is 0 Å². The lowest BCUT2D eigenvalue weighted by molar-refractivity contribution is -0.198. The maximum Gasteiger partial charge on any atom is 0.311 e. The van der Waals surface area contributed by atoms with Crippen molar-refractivity contribution in [2.24, 2.45) is 23.7 Å².